The van der Waals surface area contributed by atoms with Crippen molar-refractivity contribution in [3.63, 3.8) is 0 Å². The maximum Gasteiger partial charge on any atom is 0.338 e. The van der Waals surface area contributed by atoms with Gasteiger partial charge in [-0.1, -0.05) is 36.4 Å². The molecule has 0 aliphatic rings. The van der Waals surface area contributed by atoms with Gasteiger partial charge in [-0.2, -0.15) is 0 Å². The smallest absolute Gasteiger partial charge is 0.338 e. The Bertz CT molecular complexity index is 814. The first-order chi connectivity index (χ1) is 11.7. The Kier molecular flexibility index (Phi) is 4.87. The summed E-state index contributed by atoms with van der Waals surface area (Å²) in [5, 5.41) is 0. The molecule has 0 N–H and O–H groups in total. The number of esters is 1. The van der Waals surface area contributed by atoms with Crippen LogP contribution in [0.1, 0.15) is 15.9 Å². The van der Waals surface area contributed by atoms with Crippen molar-refractivity contribution in [1.82, 2.24) is 0 Å². The molecule has 120 valence electrons. The van der Waals surface area contributed by atoms with Gasteiger partial charge in [-0.3, -0.25) is 0 Å². The van der Waals surface area contributed by atoms with Gasteiger partial charge in [0.2, 0.25) is 0 Å². The fourth-order valence-corrected chi connectivity index (χ4v) is 2.12. The SMILES string of the molecule is O=C(OCc1ccc(F)cc1)c1cccc(Oc2ccccc2)c1. The van der Waals surface area contributed by atoms with Crippen LogP contribution < -0.4 is 4.74 Å². The minimum Gasteiger partial charge on any atom is -0.457 e. The molecule has 0 radical (unpaired) electrons. The number of para-hydroxylation sites is 1. The van der Waals surface area contributed by atoms with Gasteiger partial charge in [-0.05, 0) is 48.0 Å². The highest BCUT2D eigenvalue weighted by Crippen LogP contribution is 2.22. The Hall–Kier alpha value is -3.14. The summed E-state index contributed by atoms with van der Waals surface area (Å²) in [6, 6.07) is 21.9. The number of ether oxygens (including phenoxy) is 2. The summed E-state index contributed by atoms with van der Waals surface area (Å²) in [6.45, 7) is 0.0862. The van der Waals surface area contributed by atoms with E-state index in [1.807, 2.05) is 30.3 Å². The van der Waals surface area contributed by atoms with Gasteiger partial charge in [0.05, 0.1) is 5.56 Å². The number of carbonyl (C=O) groups excluding carboxylic acids is 1. The highest BCUT2D eigenvalue weighted by Gasteiger charge is 2.09. The number of halogens is 1. The van der Waals surface area contributed by atoms with Gasteiger partial charge in [-0.15, -0.1) is 0 Å². The van der Waals surface area contributed by atoms with Crippen molar-refractivity contribution in [2.75, 3.05) is 0 Å². The van der Waals surface area contributed by atoms with E-state index in [4.69, 9.17) is 9.47 Å². The first-order valence-electron chi connectivity index (χ1n) is 7.45. The maximum absolute atomic E-state index is 12.9. The lowest BCUT2D eigenvalue weighted by molar-refractivity contribution is 0.0472. The van der Waals surface area contributed by atoms with Gasteiger partial charge >= 0.3 is 5.97 Å². The largest absolute Gasteiger partial charge is 0.457 e. The fraction of sp³-hybridized carbons (Fsp3) is 0.0500. The van der Waals surface area contributed by atoms with Crippen LogP contribution in [-0.4, -0.2) is 5.97 Å². The minimum absolute atomic E-state index is 0.0862. The van der Waals surface area contributed by atoms with E-state index in [0.717, 1.165) is 5.56 Å². The van der Waals surface area contributed by atoms with Crippen LogP contribution in [-0.2, 0) is 11.3 Å². The molecule has 4 heteroatoms. The number of hydrogen-bond donors (Lipinski definition) is 0. The molecule has 24 heavy (non-hydrogen) atoms. The molecule has 3 aromatic rings. The molecular formula is C20H15FO3. The third-order valence-corrected chi connectivity index (χ3v) is 3.33. The van der Waals surface area contributed by atoms with Crippen molar-refractivity contribution < 1.29 is 18.7 Å². The van der Waals surface area contributed by atoms with E-state index in [-0.39, 0.29) is 12.4 Å². The summed E-state index contributed by atoms with van der Waals surface area (Å²) in [7, 11) is 0. The molecule has 0 spiro atoms. The normalized spacial score (nSPS) is 10.2. The Balaban J connectivity index is 1.64. The molecule has 3 aromatic carbocycles. The van der Waals surface area contributed by atoms with E-state index in [2.05, 4.69) is 0 Å². The van der Waals surface area contributed by atoms with Crippen LogP contribution in [0.25, 0.3) is 0 Å². The minimum atomic E-state index is -0.460. The molecule has 0 unspecified atom stereocenters. The van der Waals surface area contributed by atoms with Crippen LogP contribution in [0.2, 0.25) is 0 Å². The Morgan fingerprint density at radius 3 is 2.29 bits per heavy atom. The summed E-state index contributed by atoms with van der Waals surface area (Å²) in [4.78, 5) is 12.1. The van der Waals surface area contributed by atoms with E-state index in [1.54, 1.807) is 36.4 Å². The molecule has 0 aromatic heterocycles. The first-order valence-corrected chi connectivity index (χ1v) is 7.45. The van der Waals surface area contributed by atoms with Crippen LogP contribution in [0.4, 0.5) is 4.39 Å². The predicted molar refractivity (Wildman–Crippen MR) is 88.5 cm³/mol. The summed E-state index contributed by atoms with van der Waals surface area (Å²) in [5.41, 5.74) is 1.12. The number of benzene rings is 3. The molecule has 0 saturated heterocycles. The van der Waals surface area contributed by atoms with E-state index in [0.29, 0.717) is 17.1 Å². The lowest BCUT2D eigenvalue weighted by atomic mass is 10.2. The Labute approximate surface area is 139 Å². The van der Waals surface area contributed by atoms with Gasteiger partial charge in [0, 0.05) is 0 Å². The van der Waals surface area contributed by atoms with Crippen molar-refractivity contribution in [2.24, 2.45) is 0 Å². The summed E-state index contributed by atoms with van der Waals surface area (Å²) in [6.07, 6.45) is 0. The summed E-state index contributed by atoms with van der Waals surface area (Å²) >= 11 is 0. The van der Waals surface area contributed by atoms with Crippen molar-refractivity contribution in [3.05, 3.63) is 95.8 Å². The van der Waals surface area contributed by atoms with Crippen LogP contribution >= 0.6 is 0 Å². The van der Waals surface area contributed by atoms with Crippen LogP contribution in [0.15, 0.2) is 78.9 Å². The highest BCUT2D eigenvalue weighted by molar-refractivity contribution is 5.89. The second kappa shape index (κ2) is 7.42. The molecule has 0 saturated carbocycles. The molecule has 0 aliphatic carbocycles. The number of carbonyl (C=O) groups is 1. The van der Waals surface area contributed by atoms with Gasteiger partial charge in [0.25, 0.3) is 0 Å². The van der Waals surface area contributed by atoms with Crippen LogP contribution in [0.3, 0.4) is 0 Å². The molecule has 0 aliphatic heterocycles. The molecule has 0 heterocycles. The zero-order valence-corrected chi connectivity index (χ0v) is 12.8. The molecule has 0 bridgehead atoms. The average Bonchev–Trinajstić information content (AvgIpc) is 2.62. The van der Waals surface area contributed by atoms with Gasteiger partial charge < -0.3 is 9.47 Å². The maximum atomic E-state index is 12.9. The molecule has 3 nitrogen and oxygen atoms in total. The zero-order valence-electron chi connectivity index (χ0n) is 12.8. The Morgan fingerprint density at radius 2 is 1.54 bits per heavy atom. The quantitative estimate of drug-likeness (QED) is 0.622. The summed E-state index contributed by atoms with van der Waals surface area (Å²) < 4.78 is 23.8. The Morgan fingerprint density at radius 1 is 0.833 bits per heavy atom. The van der Waals surface area contributed by atoms with Gasteiger partial charge in [-0.25, -0.2) is 9.18 Å². The van der Waals surface area contributed by atoms with E-state index in [1.165, 1.54) is 12.1 Å². The van der Waals surface area contributed by atoms with Gasteiger partial charge in [0.15, 0.2) is 0 Å². The van der Waals surface area contributed by atoms with Crippen molar-refractivity contribution >= 4 is 5.97 Å². The molecule has 0 fully saturated rings. The molecule has 3 rings (SSSR count). The van der Waals surface area contributed by atoms with Crippen molar-refractivity contribution in [1.29, 1.82) is 0 Å². The third kappa shape index (κ3) is 4.20. The lowest BCUT2D eigenvalue weighted by Crippen LogP contribution is -2.05. The number of rotatable bonds is 5. The van der Waals surface area contributed by atoms with Crippen LogP contribution in [0.5, 0.6) is 11.5 Å². The fourth-order valence-electron chi connectivity index (χ4n) is 2.12. The third-order valence-electron chi connectivity index (χ3n) is 3.33. The zero-order chi connectivity index (χ0) is 16.8. The van der Waals surface area contributed by atoms with Gasteiger partial charge in [0.1, 0.15) is 23.9 Å². The molecular weight excluding hydrogens is 307 g/mol. The molecule has 0 amide bonds. The monoisotopic (exact) mass is 322 g/mol. The van der Waals surface area contributed by atoms with Crippen molar-refractivity contribution in [3.8, 4) is 11.5 Å². The predicted octanol–water partition coefficient (Wildman–Crippen LogP) is 4.98. The average molecular weight is 322 g/mol. The second-order valence-electron chi connectivity index (χ2n) is 5.15. The number of hydrogen-bond acceptors (Lipinski definition) is 3. The summed E-state index contributed by atoms with van der Waals surface area (Å²) in [5.74, 6) is 0.459. The van der Waals surface area contributed by atoms with E-state index < -0.39 is 5.97 Å². The standard InChI is InChI=1S/C20H15FO3/c21-17-11-9-15(10-12-17)14-23-20(22)16-5-4-8-19(13-16)24-18-6-2-1-3-7-18/h1-13H,14H2. The first kappa shape index (κ1) is 15.7. The topological polar surface area (TPSA) is 35.5 Å². The van der Waals surface area contributed by atoms with Crippen molar-refractivity contribution in [2.45, 2.75) is 6.61 Å². The van der Waals surface area contributed by atoms with Crippen LogP contribution in [0, 0.1) is 5.82 Å². The van der Waals surface area contributed by atoms with E-state index in [9.17, 15) is 9.18 Å². The second-order valence-corrected chi connectivity index (χ2v) is 5.15. The lowest BCUT2D eigenvalue weighted by Gasteiger charge is -2.08. The molecule has 0 atom stereocenters. The highest BCUT2D eigenvalue weighted by atomic mass is 19.1. The van der Waals surface area contributed by atoms with E-state index >= 15 is 0 Å².